The normalized spacial score (nSPS) is 13.7. The van der Waals surface area contributed by atoms with Gasteiger partial charge in [-0.1, -0.05) is 11.6 Å². The van der Waals surface area contributed by atoms with Crippen LogP contribution in [0.5, 0.6) is 5.88 Å². The first-order chi connectivity index (χ1) is 6.80. The topological polar surface area (TPSA) is 22.1 Å². The lowest BCUT2D eigenvalue weighted by Crippen LogP contribution is -2.31. The van der Waals surface area contributed by atoms with Gasteiger partial charge in [0.15, 0.2) is 6.10 Å². The number of nitrogens with zero attached hydrogens (tertiary/aromatic N) is 1. The molecule has 1 rings (SSSR count). The van der Waals surface area contributed by atoms with E-state index in [0.29, 0.717) is 5.02 Å². The van der Waals surface area contributed by atoms with Crippen molar-refractivity contribution in [1.29, 1.82) is 0 Å². The zero-order valence-electron chi connectivity index (χ0n) is 7.48. The van der Waals surface area contributed by atoms with Crippen LogP contribution in [0.4, 0.5) is 13.2 Å². The average molecular weight is 304 g/mol. The first kappa shape index (κ1) is 12.6. The van der Waals surface area contributed by atoms with Crippen LogP contribution in [-0.4, -0.2) is 17.3 Å². The van der Waals surface area contributed by atoms with Crippen LogP contribution in [0.1, 0.15) is 6.92 Å². The van der Waals surface area contributed by atoms with E-state index < -0.39 is 12.3 Å². The Morgan fingerprint density at radius 1 is 1.53 bits per heavy atom. The number of ether oxygens (including phenoxy) is 1. The molecular weight excluding hydrogens is 298 g/mol. The molecule has 0 aliphatic heterocycles. The van der Waals surface area contributed by atoms with Gasteiger partial charge in [0.1, 0.15) is 0 Å². The molecular formula is C8H6BrClF3NO. The molecule has 84 valence electrons. The Kier molecular flexibility index (Phi) is 3.83. The Morgan fingerprint density at radius 3 is 2.60 bits per heavy atom. The molecule has 0 saturated heterocycles. The number of halogens is 5. The Hall–Kier alpha value is -0.490. The second-order valence-electron chi connectivity index (χ2n) is 2.74. The van der Waals surface area contributed by atoms with Gasteiger partial charge >= 0.3 is 6.18 Å². The smallest absolute Gasteiger partial charge is 0.425 e. The van der Waals surface area contributed by atoms with Crippen LogP contribution in [0.15, 0.2) is 16.7 Å². The van der Waals surface area contributed by atoms with E-state index in [1.807, 2.05) is 0 Å². The molecule has 0 amide bonds. The summed E-state index contributed by atoms with van der Waals surface area (Å²) in [6.45, 7) is 0.905. The largest absolute Gasteiger partial charge is 0.464 e. The zero-order valence-corrected chi connectivity index (χ0v) is 9.82. The molecule has 0 saturated carbocycles. The van der Waals surface area contributed by atoms with Crippen LogP contribution < -0.4 is 4.74 Å². The van der Waals surface area contributed by atoms with Gasteiger partial charge in [-0.15, -0.1) is 0 Å². The van der Waals surface area contributed by atoms with Gasteiger partial charge in [-0.2, -0.15) is 13.2 Å². The minimum atomic E-state index is -4.42. The number of alkyl halides is 3. The fraction of sp³-hybridized carbons (Fsp3) is 0.375. The maximum absolute atomic E-state index is 12.2. The Balaban J connectivity index is 2.82. The molecule has 1 aromatic heterocycles. The van der Waals surface area contributed by atoms with Crippen molar-refractivity contribution >= 4 is 27.5 Å². The number of aromatic nitrogens is 1. The minimum absolute atomic E-state index is 0.135. The third-order valence-corrected chi connectivity index (χ3v) is 2.30. The highest BCUT2D eigenvalue weighted by Gasteiger charge is 2.38. The second-order valence-corrected chi connectivity index (χ2v) is 4.03. The summed E-state index contributed by atoms with van der Waals surface area (Å²) >= 11 is 8.58. The van der Waals surface area contributed by atoms with Gasteiger partial charge in [0.2, 0.25) is 5.88 Å². The molecule has 0 bridgehead atoms. The lowest BCUT2D eigenvalue weighted by molar-refractivity contribution is -0.190. The van der Waals surface area contributed by atoms with Gasteiger partial charge in [0.25, 0.3) is 0 Å². The van der Waals surface area contributed by atoms with Crippen LogP contribution in [-0.2, 0) is 0 Å². The summed E-state index contributed by atoms with van der Waals surface area (Å²) in [7, 11) is 0. The summed E-state index contributed by atoms with van der Waals surface area (Å²) in [4.78, 5) is 3.63. The predicted octanol–water partition coefficient (Wildman–Crippen LogP) is 3.83. The molecule has 0 spiro atoms. The molecule has 0 N–H and O–H groups in total. The van der Waals surface area contributed by atoms with Crippen molar-refractivity contribution in [3.8, 4) is 5.88 Å². The van der Waals surface area contributed by atoms with Gasteiger partial charge < -0.3 is 4.74 Å². The van der Waals surface area contributed by atoms with Crippen LogP contribution in [0, 0.1) is 0 Å². The van der Waals surface area contributed by atoms with Crippen molar-refractivity contribution < 1.29 is 17.9 Å². The van der Waals surface area contributed by atoms with Crippen LogP contribution >= 0.6 is 27.5 Å². The maximum Gasteiger partial charge on any atom is 0.425 e. The molecule has 0 aliphatic rings. The number of hydrogen-bond acceptors (Lipinski definition) is 2. The summed E-state index contributed by atoms with van der Waals surface area (Å²) < 4.78 is 41.4. The van der Waals surface area contributed by atoms with E-state index in [4.69, 9.17) is 11.6 Å². The zero-order chi connectivity index (χ0) is 11.6. The van der Waals surface area contributed by atoms with E-state index in [0.717, 1.165) is 6.92 Å². The monoisotopic (exact) mass is 303 g/mol. The van der Waals surface area contributed by atoms with E-state index in [2.05, 4.69) is 25.7 Å². The highest BCUT2D eigenvalue weighted by Crippen LogP contribution is 2.29. The Morgan fingerprint density at radius 2 is 2.13 bits per heavy atom. The van der Waals surface area contributed by atoms with Gasteiger partial charge in [-0.3, -0.25) is 0 Å². The fourth-order valence-corrected chi connectivity index (χ4v) is 1.46. The third-order valence-electron chi connectivity index (χ3n) is 1.52. The first-order valence-electron chi connectivity index (χ1n) is 3.85. The third kappa shape index (κ3) is 3.53. The van der Waals surface area contributed by atoms with E-state index in [1.54, 1.807) is 0 Å². The van der Waals surface area contributed by atoms with Crippen molar-refractivity contribution in [1.82, 2.24) is 4.98 Å². The quantitative estimate of drug-likeness (QED) is 0.828. The van der Waals surface area contributed by atoms with Crippen molar-refractivity contribution in [2.45, 2.75) is 19.2 Å². The molecule has 1 heterocycles. The van der Waals surface area contributed by atoms with E-state index in [-0.39, 0.29) is 10.4 Å². The molecule has 0 fully saturated rings. The minimum Gasteiger partial charge on any atom is -0.464 e. The van der Waals surface area contributed by atoms with E-state index in [9.17, 15) is 13.2 Å². The number of rotatable bonds is 2. The highest BCUT2D eigenvalue weighted by molar-refractivity contribution is 9.10. The van der Waals surface area contributed by atoms with Gasteiger partial charge in [-0.25, -0.2) is 4.98 Å². The standard InChI is InChI=1S/C8H6BrClF3NO/c1-4(8(11,12)13)15-7-6(9)2-5(10)3-14-7/h2-4H,1H3. The van der Waals surface area contributed by atoms with Crippen molar-refractivity contribution in [3.63, 3.8) is 0 Å². The predicted molar refractivity (Wildman–Crippen MR) is 53.1 cm³/mol. The first-order valence-corrected chi connectivity index (χ1v) is 5.02. The molecule has 1 atom stereocenters. The summed E-state index contributed by atoms with van der Waals surface area (Å²) in [5.41, 5.74) is 0. The van der Waals surface area contributed by atoms with E-state index in [1.165, 1.54) is 12.3 Å². The Bertz CT molecular complexity index is 358. The average Bonchev–Trinajstić information content (AvgIpc) is 2.08. The molecule has 1 aromatic rings. The summed E-state index contributed by atoms with van der Waals surface area (Å²) in [6.07, 6.45) is -5.12. The molecule has 15 heavy (non-hydrogen) atoms. The van der Waals surface area contributed by atoms with Crippen molar-refractivity contribution in [3.05, 3.63) is 21.8 Å². The molecule has 0 aliphatic carbocycles. The SMILES string of the molecule is CC(Oc1ncc(Cl)cc1Br)C(F)(F)F. The van der Waals surface area contributed by atoms with E-state index >= 15 is 0 Å². The summed E-state index contributed by atoms with van der Waals surface area (Å²) in [5, 5.41) is 0.314. The Labute approximate surface area is 97.5 Å². The van der Waals surface area contributed by atoms with Crippen molar-refractivity contribution in [2.24, 2.45) is 0 Å². The lowest BCUT2D eigenvalue weighted by atomic mass is 10.4. The van der Waals surface area contributed by atoms with Crippen molar-refractivity contribution in [2.75, 3.05) is 0 Å². The van der Waals surface area contributed by atoms with Crippen LogP contribution in [0.2, 0.25) is 5.02 Å². The molecule has 1 unspecified atom stereocenters. The number of hydrogen-bond donors (Lipinski definition) is 0. The highest BCUT2D eigenvalue weighted by atomic mass is 79.9. The molecule has 2 nitrogen and oxygen atoms in total. The van der Waals surface area contributed by atoms with Gasteiger partial charge in [0, 0.05) is 6.20 Å². The number of pyridine rings is 1. The fourth-order valence-electron chi connectivity index (χ4n) is 0.723. The lowest BCUT2D eigenvalue weighted by Gasteiger charge is -2.17. The molecule has 0 aromatic carbocycles. The molecule has 7 heteroatoms. The van der Waals surface area contributed by atoms with Crippen LogP contribution in [0.3, 0.4) is 0 Å². The summed E-state index contributed by atoms with van der Waals surface area (Å²) in [6, 6.07) is 1.41. The van der Waals surface area contributed by atoms with Gasteiger partial charge in [-0.05, 0) is 28.9 Å². The molecule has 0 radical (unpaired) electrons. The summed E-state index contributed by atoms with van der Waals surface area (Å²) in [5.74, 6) is -0.135. The van der Waals surface area contributed by atoms with Crippen LogP contribution in [0.25, 0.3) is 0 Å². The maximum atomic E-state index is 12.2. The van der Waals surface area contributed by atoms with Gasteiger partial charge in [0.05, 0.1) is 9.50 Å². The second kappa shape index (κ2) is 4.57.